The third kappa shape index (κ3) is 6.56. The topological polar surface area (TPSA) is 95.6 Å². The third-order valence-electron chi connectivity index (χ3n) is 4.64. The van der Waals surface area contributed by atoms with Crippen LogP contribution in [0.25, 0.3) is 0 Å². The molecule has 1 unspecified atom stereocenters. The summed E-state index contributed by atoms with van der Waals surface area (Å²) in [5.41, 5.74) is 1.76. The summed E-state index contributed by atoms with van der Waals surface area (Å²) in [5, 5.41) is 5.11. The second-order valence-corrected chi connectivity index (χ2v) is 10.3. The highest BCUT2D eigenvalue weighted by Gasteiger charge is 2.24. The molecule has 2 aromatic rings. The number of benzene rings is 2. The number of nitrogens with zero attached hydrogens (tertiary/aromatic N) is 1. The highest BCUT2D eigenvalue weighted by molar-refractivity contribution is 8.00. The van der Waals surface area contributed by atoms with E-state index in [2.05, 4.69) is 10.6 Å². The minimum Gasteiger partial charge on any atom is -0.326 e. The fourth-order valence-electron chi connectivity index (χ4n) is 2.98. The Morgan fingerprint density at radius 3 is 2.13 bits per heavy atom. The standard InChI is InChI=1S/C22H29N3O4S2/c1-6-25(7-2)31(28,29)21-14-19(9-8-15(21)3)24-22(27)16(4)30-20-12-10-18(11-13-20)23-17(5)26/h8-14,16H,6-7H2,1-5H3,(H,23,26)(H,24,27). The summed E-state index contributed by atoms with van der Waals surface area (Å²) >= 11 is 1.37. The zero-order valence-electron chi connectivity index (χ0n) is 18.4. The number of hydrogen-bond donors (Lipinski definition) is 2. The average Bonchev–Trinajstić information content (AvgIpc) is 2.71. The van der Waals surface area contributed by atoms with E-state index in [4.69, 9.17) is 0 Å². The van der Waals surface area contributed by atoms with Gasteiger partial charge in [-0.15, -0.1) is 11.8 Å². The predicted molar refractivity (Wildman–Crippen MR) is 126 cm³/mol. The first kappa shape index (κ1) is 24.9. The van der Waals surface area contributed by atoms with Gasteiger partial charge in [0.1, 0.15) is 0 Å². The van der Waals surface area contributed by atoms with Gasteiger partial charge in [-0.3, -0.25) is 9.59 Å². The lowest BCUT2D eigenvalue weighted by Crippen LogP contribution is -2.31. The van der Waals surface area contributed by atoms with Gasteiger partial charge in [0.25, 0.3) is 0 Å². The molecule has 0 radical (unpaired) electrons. The van der Waals surface area contributed by atoms with Crippen LogP contribution in [-0.2, 0) is 19.6 Å². The van der Waals surface area contributed by atoms with Crippen LogP contribution in [0.1, 0.15) is 33.3 Å². The Morgan fingerprint density at radius 1 is 1.00 bits per heavy atom. The number of thioether (sulfide) groups is 1. The number of carbonyl (C=O) groups excluding carboxylic acids is 2. The van der Waals surface area contributed by atoms with Gasteiger partial charge in [0.15, 0.2) is 0 Å². The highest BCUT2D eigenvalue weighted by atomic mass is 32.2. The lowest BCUT2D eigenvalue weighted by atomic mass is 10.2. The molecule has 2 amide bonds. The van der Waals surface area contributed by atoms with Gasteiger partial charge in [0.2, 0.25) is 21.8 Å². The summed E-state index contributed by atoms with van der Waals surface area (Å²) in [6.07, 6.45) is 0. The first-order chi connectivity index (χ1) is 14.6. The zero-order chi connectivity index (χ0) is 23.2. The maximum atomic E-state index is 12.9. The van der Waals surface area contributed by atoms with Crippen molar-refractivity contribution in [1.29, 1.82) is 0 Å². The maximum Gasteiger partial charge on any atom is 0.243 e. The van der Waals surface area contributed by atoms with Gasteiger partial charge in [-0.05, 0) is 55.8 Å². The Morgan fingerprint density at radius 2 is 1.58 bits per heavy atom. The predicted octanol–water partition coefficient (Wildman–Crippen LogP) is 4.10. The molecule has 2 aromatic carbocycles. The summed E-state index contributed by atoms with van der Waals surface area (Å²) < 4.78 is 27.2. The molecule has 0 bridgehead atoms. The van der Waals surface area contributed by atoms with E-state index in [1.807, 2.05) is 12.1 Å². The van der Waals surface area contributed by atoms with E-state index < -0.39 is 15.3 Å². The van der Waals surface area contributed by atoms with Crippen molar-refractivity contribution in [2.24, 2.45) is 0 Å². The van der Waals surface area contributed by atoms with Crippen molar-refractivity contribution >= 4 is 45.0 Å². The number of sulfonamides is 1. The van der Waals surface area contributed by atoms with Crippen LogP contribution in [0.3, 0.4) is 0 Å². The van der Waals surface area contributed by atoms with Crippen LogP contribution in [-0.4, -0.2) is 42.9 Å². The Kier molecular flexibility index (Phi) is 8.67. The lowest BCUT2D eigenvalue weighted by Gasteiger charge is -2.20. The van der Waals surface area contributed by atoms with Crippen molar-refractivity contribution in [2.45, 2.75) is 49.7 Å². The first-order valence-electron chi connectivity index (χ1n) is 10.0. The Bertz CT molecular complexity index is 1030. The molecule has 0 aliphatic rings. The molecule has 2 N–H and O–H groups in total. The summed E-state index contributed by atoms with van der Waals surface area (Å²) in [4.78, 5) is 24.9. The molecule has 9 heteroatoms. The van der Waals surface area contributed by atoms with E-state index in [1.54, 1.807) is 52.0 Å². The van der Waals surface area contributed by atoms with Gasteiger partial charge in [0.05, 0.1) is 10.1 Å². The van der Waals surface area contributed by atoms with E-state index >= 15 is 0 Å². The van der Waals surface area contributed by atoms with Gasteiger partial charge < -0.3 is 10.6 Å². The SMILES string of the molecule is CCN(CC)S(=O)(=O)c1cc(NC(=O)C(C)Sc2ccc(NC(C)=O)cc2)ccc1C. The molecule has 0 aliphatic carbocycles. The summed E-state index contributed by atoms with van der Waals surface area (Å²) in [7, 11) is -3.62. The Balaban J connectivity index is 2.12. The molecule has 0 aromatic heterocycles. The lowest BCUT2D eigenvalue weighted by molar-refractivity contribution is -0.115. The number of hydrogen-bond acceptors (Lipinski definition) is 5. The van der Waals surface area contributed by atoms with Crippen LogP contribution in [0, 0.1) is 6.92 Å². The number of rotatable bonds is 9. The van der Waals surface area contributed by atoms with Gasteiger partial charge in [0, 0.05) is 36.3 Å². The van der Waals surface area contributed by atoms with E-state index in [0.29, 0.717) is 30.0 Å². The van der Waals surface area contributed by atoms with Crippen molar-refractivity contribution in [3.8, 4) is 0 Å². The largest absolute Gasteiger partial charge is 0.326 e. The molecule has 0 saturated carbocycles. The van der Waals surface area contributed by atoms with Gasteiger partial charge in [-0.2, -0.15) is 4.31 Å². The molecule has 7 nitrogen and oxygen atoms in total. The van der Waals surface area contributed by atoms with Crippen LogP contribution in [0.5, 0.6) is 0 Å². The van der Waals surface area contributed by atoms with E-state index in [9.17, 15) is 18.0 Å². The van der Waals surface area contributed by atoms with Crippen LogP contribution in [0.15, 0.2) is 52.3 Å². The molecule has 1 atom stereocenters. The quantitative estimate of drug-likeness (QED) is 0.546. The zero-order valence-corrected chi connectivity index (χ0v) is 20.1. The van der Waals surface area contributed by atoms with Crippen LogP contribution < -0.4 is 10.6 Å². The highest BCUT2D eigenvalue weighted by Crippen LogP contribution is 2.27. The molecule has 0 spiro atoms. The van der Waals surface area contributed by atoms with Crippen LogP contribution in [0.4, 0.5) is 11.4 Å². The number of amides is 2. The molecule has 0 aliphatic heterocycles. The molecule has 0 fully saturated rings. The summed E-state index contributed by atoms with van der Waals surface area (Å²) in [6, 6.07) is 12.1. The summed E-state index contributed by atoms with van der Waals surface area (Å²) in [5.74, 6) is -0.375. The fraction of sp³-hybridized carbons (Fsp3) is 0.364. The smallest absolute Gasteiger partial charge is 0.243 e. The second-order valence-electron chi connectivity index (χ2n) is 7.02. The monoisotopic (exact) mass is 463 g/mol. The Hall–Kier alpha value is -2.36. The van der Waals surface area contributed by atoms with Crippen LogP contribution >= 0.6 is 11.8 Å². The minimum absolute atomic E-state index is 0.145. The molecule has 0 saturated heterocycles. The van der Waals surface area contributed by atoms with Gasteiger partial charge in [-0.25, -0.2) is 8.42 Å². The normalized spacial score (nSPS) is 12.5. The second kappa shape index (κ2) is 10.8. The van der Waals surface area contributed by atoms with Crippen LogP contribution in [0.2, 0.25) is 0 Å². The molecule has 168 valence electrons. The number of carbonyl (C=O) groups is 2. The maximum absolute atomic E-state index is 12.9. The average molecular weight is 464 g/mol. The van der Waals surface area contributed by atoms with E-state index in [-0.39, 0.29) is 16.7 Å². The molecular formula is C22H29N3O4S2. The van der Waals surface area contributed by atoms with Crippen molar-refractivity contribution in [2.75, 3.05) is 23.7 Å². The molecule has 0 heterocycles. The van der Waals surface area contributed by atoms with Crippen molar-refractivity contribution in [3.63, 3.8) is 0 Å². The number of nitrogens with one attached hydrogen (secondary N) is 2. The van der Waals surface area contributed by atoms with Crippen molar-refractivity contribution < 1.29 is 18.0 Å². The Labute approximate surface area is 188 Å². The first-order valence-corrected chi connectivity index (χ1v) is 12.4. The van der Waals surface area contributed by atoms with Crippen molar-refractivity contribution in [3.05, 3.63) is 48.0 Å². The van der Waals surface area contributed by atoms with Gasteiger partial charge in [-0.1, -0.05) is 19.9 Å². The minimum atomic E-state index is -3.62. The number of aryl methyl sites for hydroxylation is 1. The number of anilines is 2. The molecule has 31 heavy (non-hydrogen) atoms. The summed E-state index contributed by atoms with van der Waals surface area (Å²) in [6.45, 7) is 9.31. The molecule has 2 rings (SSSR count). The van der Waals surface area contributed by atoms with Gasteiger partial charge >= 0.3 is 0 Å². The van der Waals surface area contributed by atoms with E-state index in [0.717, 1.165) is 4.90 Å². The van der Waals surface area contributed by atoms with Crippen molar-refractivity contribution in [1.82, 2.24) is 4.31 Å². The third-order valence-corrected chi connectivity index (χ3v) is 7.94. The fourth-order valence-corrected chi connectivity index (χ4v) is 5.56. The van der Waals surface area contributed by atoms with E-state index in [1.165, 1.54) is 29.1 Å². The molecular weight excluding hydrogens is 434 g/mol.